The Labute approximate surface area is 225 Å². The molecule has 3 amide bonds. The van der Waals surface area contributed by atoms with Crippen molar-refractivity contribution in [1.82, 2.24) is 20.9 Å². The Balaban J connectivity index is 1.34. The second-order valence-electron chi connectivity index (χ2n) is 10.0. The Morgan fingerprint density at radius 2 is 1.79 bits per heavy atom. The maximum Gasteiger partial charge on any atom is 0.315 e. The number of benzene rings is 2. The summed E-state index contributed by atoms with van der Waals surface area (Å²) in [6, 6.07) is 15.5. The normalized spacial score (nSPS) is 18.9. The van der Waals surface area contributed by atoms with E-state index in [4.69, 9.17) is 14.2 Å². The average molecular weight is 525 g/mol. The Bertz CT molecular complexity index is 1050. The molecule has 1 heterocycles. The molecular formula is C29H40N4O5. The van der Waals surface area contributed by atoms with Crippen LogP contribution in [0, 0.1) is 5.92 Å². The lowest BCUT2D eigenvalue weighted by Crippen LogP contribution is -2.54. The molecular weight excluding hydrogens is 484 g/mol. The predicted octanol–water partition coefficient (Wildman–Crippen LogP) is 3.08. The van der Waals surface area contributed by atoms with Crippen LogP contribution in [0.4, 0.5) is 4.79 Å². The van der Waals surface area contributed by atoms with Crippen LogP contribution >= 0.6 is 0 Å². The first-order valence-electron chi connectivity index (χ1n) is 13.4. The smallest absolute Gasteiger partial charge is 0.315 e. The topological polar surface area (TPSA) is 101 Å². The van der Waals surface area contributed by atoms with Crippen molar-refractivity contribution in [3.05, 3.63) is 59.7 Å². The Hall–Kier alpha value is -3.30. The number of carbonyl (C=O) groups is 2. The third-order valence-electron chi connectivity index (χ3n) is 6.89. The number of amides is 3. The molecule has 38 heavy (non-hydrogen) atoms. The van der Waals surface area contributed by atoms with Crippen LogP contribution in [0.1, 0.15) is 36.8 Å². The lowest BCUT2D eigenvalue weighted by molar-refractivity contribution is -0.137. The predicted molar refractivity (Wildman–Crippen MR) is 145 cm³/mol. The van der Waals surface area contributed by atoms with Crippen molar-refractivity contribution in [2.75, 3.05) is 40.5 Å². The quantitative estimate of drug-likeness (QED) is 0.348. The summed E-state index contributed by atoms with van der Waals surface area (Å²) in [4.78, 5) is 28.2. The summed E-state index contributed by atoms with van der Waals surface area (Å²) in [6.45, 7) is 3.40. The molecule has 2 aliphatic rings. The summed E-state index contributed by atoms with van der Waals surface area (Å²) in [6.07, 6.45) is 3.43. The highest BCUT2D eigenvalue weighted by molar-refractivity contribution is 5.80. The number of ether oxygens (including phenoxy) is 3. The summed E-state index contributed by atoms with van der Waals surface area (Å²) < 4.78 is 16.5. The van der Waals surface area contributed by atoms with Crippen LogP contribution in [0.5, 0.6) is 11.5 Å². The van der Waals surface area contributed by atoms with Crippen molar-refractivity contribution in [3.8, 4) is 11.5 Å². The van der Waals surface area contributed by atoms with Gasteiger partial charge in [0, 0.05) is 64.5 Å². The Morgan fingerprint density at radius 3 is 2.53 bits per heavy atom. The number of urea groups is 1. The summed E-state index contributed by atoms with van der Waals surface area (Å²) >= 11 is 0. The highest BCUT2D eigenvalue weighted by Crippen LogP contribution is 2.32. The number of nitrogens with zero attached hydrogens (tertiary/aromatic N) is 1. The molecule has 2 unspecified atom stereocenters. The molecule has 1 aliphatic heterocycles. The summed E-state index contributed by atoms with van der Waals surface area (Å²) in [7, 11) is 3.31. The van der Waals surface area contributed by atoms with E-state index in [2.05, 4.69) is 16.0 Å². The van der Waals surface area contributed by atoms with Crippen LogP contribution in [0.25, 0.3) is 0 Å². The number of methoxy groups -OCH3 is 2. The molecule has 0 aromatic heterocycles. The van der Waals surface area contributed by atoms with E-state index in [0.29, 0.717) is 51.6 Å². The van der Waals surface area contributed by atoms with Gasteiger partial charge in [-0.05, 0) is 42.5 Å². The van der Waals surface area contributed by atoms with Crippen molar-refractivity contribution >= 4 is 11.9 Å². The van der Waals surface area contributed by atoms with E-state index < -0.39 is 0 Å². The third-order valence-corrected chi connectivity index (χ3v) is 6.89. The van der Waals surface area contributed by atoms with Gasteiger partial charge in [0.25, 0.3) is 0 Å². The SMILES string of the molecule is COCCCOc1cc(CN(C(=O)C2CNCC(NC(=O)NCc3ccccc3)C2)C2CC2)cc(OC)c1. The number of hydrogen-bond donors (Lipinski definition) is 3. The zero-order valence-corrected chi connectivity index (χ0v) is 22.4. The molecule has 2 aromatic rings. The molecule has 0 spiro atoms. The van der Waals surface area contributed by atoms with Crippen LogP contribution in [0.2, 0.25) is 0 Å². The highest BCUT2D eigenvalue weighted by atomic mass is 16.5. The molecule has 2 fully saturated rings. The van der Waals surface area contributed by atoms with Crippen molar-refractivity contribution in [2.45, 2.75) is 50.9 Å². The first kappa shape index (κ1) is 27.7. The monoisotopic (exact) mass is 524 g/mol. The largest absolute Gasteiger partial charge is 0.497 e. The zero-order valence-electron chi connectivity index (χ0n) is 22.4. The van der Waals surface area contributed by atoms with E-state index in [1.165, 1.54) is 0 Å². The van der Waals surface area contributed by atoms with Gasteiger partial charge in [-0.1, -0.05) is 30.3 Å². The van der Waals surface area contributed by atoms with Gasteiger partial charge in [-0.15, -0.1) is 0 Å². The molecule has 2 aromatic carbocycles. The Kier molecular flexibility index (Phi) is 10.2. The molecule has 4 rings (SSSR count). The van der Waals surface area contributed by atoms with Gasteiger partial charge in [-0.3, -0.25) is 4.79 Å². The van der Waals surface area contributed by atoms with Crippen LogP contribution in [-0.4, -0.2) is 69.4 Å². The lowest BCUT2D eigenvalue weighted by Gasteiger charge is -2.34. The maximum atomic E-state index is 13.7. The molecule has 1 saturated carbocycles. The fourth-order valence-electron chi connectivity index (χ4n) is 4.78. The molecule has 0 radical (unpaired) electrons. The van der Waals surface area contributed by atoms with Gasteiger partial charge in [-0.2, -0.15) is 0 Å². The lowest BCUT2D eigenvalue weighted by atomic mass is 9.94. The maximum absolute atomic E-state index is 13.7. The minimum absolute atomic E-state index is 0.113. The van der Waals surface area contributed by atoms with Crippen LogP contribution in [0.15, 0.2) is 48.5 Å². The van der Waals surface area contributed by atoms with E-state index in [1.54, 1.807) is 14.2 Å². The molecule has 0 bridgehead atoms. The number of rotatable bonds is 13. The van der Waals surface area contributed by atoms with E-state index in [-0.39, 0.29) is 29.9 Å². The van der Waals surface area contributed by atoms with Gasteiger partial charge >= 0.3 is 6.03 Å². The molecule has 9 nitrogen and oxygen atoms in total. The summed E-state index contributed by atoms with van der Waals surface area (Å²) in [5, 5.41) is 9.28. The second kappa shape index (κ2) is 14.0. The highest BCUT2D eigenvalue weighted by Gasteiger charge is 2.38. The van der Waals surface area contributed by atoms with E-state index in [0.717, 1.165) is 36.1 Å². The Morgan fingerprint density at radius 1 is 1.00 bits per heavy atom. The molecule has 1 aliphatic carbocycles. The fraction of sp³-hybridized carbons (Fsp3) is 0.517. The van der Waals surface area contributed by atoms with Gasteiger partial charge in [0.15, 0.2) is 0 Å². The zero-order chi connectivity index (χ0) is 26.7. The van der Waals surface area contributed by atoms with E-state index in [1.807, 2.05) is 53.4 Å². The first-order chi connectivity index (χ1) is 18.6. The van der Waals surface area contributed by atoms with Crippen LogP contribution in [-0.2, 0) is 22.6 Å². The number of carbonyl (C=O) groups excluding carboxylic acids is 2. The van der Waals surface area contributed by atoms with E-state index >= 15 is 0 Å². The van der Waals surface area contributed by atoms with Gasteiger partial charge < -0.3 is 35.1 Å². The molecule has 1 saturated heterocycles. The third kappa shape index (κ3) is 8.36. The first-order valence-corrected chi connectivity index (χ1v) is 13.4. The molecule has 2 atom stereocenters. The van der Waals surface area contributed by atoms with Crippen molar-refractivity contribution in [1.29, 1.82) is 0 Å². The van der Waals surface area contributed by atoms with Crippen molar-refractivity contribution < 1.29 is 23.8 Å². The standard InChI is InChI=1S/C29H40N4O5/c1-36-11-6-12-38-27-14-22(13-26(16-27)37-2)20-33(25-9-10-25)28(34)23-15-24(19-30-18-23)32-29(35)31-17-21-7-4-3-5-8-21/h3-5,7-8,13-14,16,23-25,30H,6,9-12,15,17-20H2,1-2H3,(H2,31,32,35). The second-order valence-corrected chi connectivity index (χ2v) is 10.0. The minimum Gasteiger partial charge on any atom is -0.497 e. The van der Waals surface area contributed by atoms with E-state index in [9.17, 15) is 9.59 Å². The summed E-state index contributed by atoms with van der Waals surface area (Å²) in [5.74, 6) is 1.36. The molecule has 3 N–H and O–H groups in total. The molecule has 9 heteroatoms. The van der Waals surface area contributed by atoms with Crippen molar-refractivity contribution in [3.63, 3.8) is 0 Å². The van der Waals surface area contributed by atoms with Crippen LogP contribution < -0.4 is 25.4 Å². The number of piperidine rings is 1. The minimum atomic E-state index is -0.220. The van der Waals surface area contributed by atoms with Gasteiger partial charge in [0.1, 0.15) is 11.5 Å². The van der Waals surface area contributed by atoms with Crippen molar-refractivity contribution in [2.24, 2.45) is 5.92 Å². The van der Waals surface area contributed by atoms with Gasteiger partial charge in [0.05, 0.1) is 19.6 Å². The van der Waals surface area contributed by atoms with Crippen LogP contribution in [0.3, 0.4) is 0 Å². The summed E-state index contributed by atoms with van der Waals surface area (Å²) in [5.41, 5.74) is 2.02. The number of hydrogen-bond acceptors (Lipinski definition) is 6. The fourth-order valence-corrected chi connectivity index (χ4v) is 4.78. The molecule has 206 valence electrons. The average Bonchev–Trinajstić information content (AvgIpc) is 3.79. The number of nitrogens with one attached hydrogen (secondary N) is 3. The van der Waals surface area contributed by atoms with Gasteiger partial charge in [0.2, 0.25) is 5.91 Å². The van der Waals surface area contributed by atoms with Gasteiger partial charge in [-0.25, -0.2) is 4.79 Å².